The molecule has 19 heavy (non-hydrogen) atoms. The second-order valence-corrected chi connectivity index (χ2v) is 5.72. The number of thioether (sulfide) groups is 1. The Morgan fingerprint density at radius 1 is 1.58 bits per heavy atom. The fourth-order valence-corrected chi connectivity index (χ4v) is 2.79. The normalized spacial score (nSPS) is 11.7. The molecule has 0 saturated carbocycles. The summed E-state index contributed by atoms with van der Waals surface area (Å²) in [6.07, 6.45) is 5.70. The molecule has 3 nitrogen and oxygen atoms in total. The van der Waals surface area contributed by atoms with Gasteiger partial charge < -0.3 is 0 Å². The molecule has 0 radical (unpaired) electrons. The Hall–Kier alpha value is -0.810. The second-order valence-electron chi connectivity index (χ2n) is 3.98. The van der Waals surface area contributed by atoms with E-state index in [2.05, 4.69) is 34.4 Å². The lowest BCUT2D eigenvalue weighted by Gasteiger charge is -2.12. The highest BCUT2D eigenvalue weighted by Gasteiger charge is 2.11. The average Bonchev–Trinajstić information content (AvgIpc) is 2.42. The summed E-state index contributed by atoms with van der Waals surface area (Å²) in [5.74, 6) is 0.698. The van der Waals surface area contributed by atoms with Gasteiger partial charge in [-0.05, 0) is 41.6 Å². The minimum Gasteiger partial charge on any atom is -0.292 e. The van der Waals surface area contributed by atoms with Crippen LogP contribution in [-0.4, -0.2) is 15.9 Å². The summed E-state index contributed by atoms with van der Waals surface area (Å²) in [5, 5.41) is 1.04. The lowest BCUT2D eigenvalue weighted by Crippen LogP contribution is -2.20. The molecule has 0 spiro atoms. The number of halogens is 1. The van der Waals surface area contributed by atoms with Gasteiger partial charge in [0.2, 0.25) is 0 Å². The summed E-state index contributed by atoms with van der Waals surface area (Å²) < 4.78 is 2.22. The van der Waals surface area contributed by atoms with Crippen LogP contribution in [0, 0.1) is 0 Å². The van der Waals surface area contributed by atoms with E-state index in [0.29, 0.717) is 16.8 Å². The molecule has 0 fully saturated rings. The van der Waals surface area contributed by atoms with Crippen LogP contribution >= 0.6 is 27.7 Å². The van der Waals surface area contributed by atoms with Crippen LogP contribution in [0.15, 0.2) is 26.9 Å². The molecule has 0 saturated heterocycles. The molecule has 104 valence electrons. The number of aliphatic imine (C=N–C) groups is 1. The van der Waals surface area contributed by atoms with Crippen molar-refractivity contribution in [1.82, 2.24) is 4.57 Å². The van der Waals surface area contributed by atoms with Gasteiger partial charge in [-0.25, -0.2) is 4.99 Å². The van der Waals surface area contributed by atoms with Gasteiger partial charge in [0.05, 0.1) is 9.52 Å². The van der Waals surface area contributed by atoms with E-state index in [0.717, 1.165) is 23.4 Å². The second kappa shape index (κ2) is 7.70. The van der Waals surface area contributed by atoms with E-state index in [4.69, 9.17) is 0 Å². The first kappa shape index (κ1) is 16.2. The Labute approximate surface area is 127 Å². The molecule has 0 atom stereocenters. The summed E-state index contributed by atoms with van der Waals surface area (Å²) >= 11 is 4.92. The molecule has 1 aromatic heterocycles. The maximum absolute atomic E-state index is 12.1. The molecular weight excluding hydrogens is 324 g/mol. The van der Waals surface area contributed by atoms with Crippen LogP contribution < -0.4 is 5.56 Å². The number of aromatic nitrogens is 1. The fraction of sp³-hybridized carbons (Fsp3) is 0.429. The number of hydrogen-bond donors (Lipinski definition) is 0. The zero-order valence-electron chi connectivity index (χ0n) is 11.6. The van der Waals surface area contributed by atoms with Crippen molar-refractivity contribution >= 4 is 44.6 Å². The third-order valence-corrected chi connectivity index (χ3v) is 4.05. The first-order valence-corrected chi connectivity index (χ1v) is 8.28. The highest BCUT2D eigenvalue weighted by Crippen LogP contribution is 2.24. The molecule has 0 aromatic carbocycles. The summed E-state index contributed by atoms with van der Waals surface area (Å²) in [4.78, 5) is 16.8. The topological polar surface area (TPSA) is 34.4 Å². The largest absolute Gasteiger partial charge is 0.292 e. The molecule has 0 bridgehead atoms. The SMILES string of the molecule is C=Cc1cc(Br)c(=O)n(CC)c1N=C(CCC)SC. The standard InChI is InChI=1S/C14H19BrN2OS/c1-5-8-12(19-4)16-13-10(6-2)9-11(15)14(18)17(13)7-3/h6,9H,2,5,7-8H2,1,3-4H3. The van der Waals surface area contributed by atoms with Crippen LogP contribution in [0.5, 0.6) is 0 Å². The van der Waals surface area contributed by atoms with Crippen LogP contribution in [0.1, 0.15) is 32.3 Å². The molecule has 0 aliphatic carbocycles. The molecule has 5 heteroatoms. The fourth-order valence-electron chi connectivity index (χ4n) is 1.75. The minimum absolute atomic E-state index is 0.0520. The molecule has 0 aliphatic heterocycles. The maximum Gasteiger partial charge on any atom is 0.266 e. The van der Waals surface area contributed by atoms with E-state index in [1.54, 1.807) is 28.5 Å². The van der Waals surface area contributed by atoms with Crippen LogP contribution in [0.4, 0.5) is 5.82 Å². The maximum atomic E-state index is 12.1. The number of rotatable bonds is 5. The van der Waals surface area contributed by atoms with Crippen molar-refractivity contribution < 1.29 is 0 Å². The van der Waals surface area contributed by atoms with Crippen molar-refractivity contribution in [3.63, 3.8) is 0 Å². The van der Waals surface area contributed by atoms with Gasteiger partial charge in [-0.3, -0.25) is 9.36 Å². The van der Waals surface area contributed by atoms with Crippen molar-refractivity contribution in [3.05, 3.63) is 33.0 Å². The summed E-state index contributed by atoms with van der Waals surface area (Å²) in [6.45, 7) is 8.46. The third-order valence-electron chi connectivity index (χ3n) is 2.71. The van der Waals surface area contributed by atoms with Crippen molar-refractivity contribution in [1.29, 1.82) is 0 Å². The van der Waals surface area contributed by atoms with Gasteiger partial charge in [0.15, 0.2) is 0 Å². The predicted molar refractivity (Wildman–Crippen MR) is 89.7 cm³/mol. The molecule has 0 N–H and O–H groups in total. The van der Waals surface area contributed by atoms with E-state index < -0.39 is 0 Å². The lowest BCUT2D eigenvalue weighted by atomic mass is 10.2. The Kier molecular flexibility index (Phi) is 6.58. The Morgan fingerprint density at radius 2 is 2.26 bits per heavy atom. The smallest absolute Gasteiger partial charge is 0.266 e. The molecular formula is C14H19BrN2OS. The molecule has 1 aromatic rings. The highest BCUT2D eigenvalue weighted by molar-refractivity contribution is 9.10. The summed E-state index contributed by atoms with van der Waals surface area (Å²) in [6, 6.07) is 1.78. The third kappa shape index (κ3) is 3.83. The highest BCUT2D eigenvalue weighted by atomic mass is 79.9. The Morgan fingerprint density at radius 3 is 2.74 bits per heavy atom. The van der Waals surface area contributed by atoms with Crippen LogP contribution in [0.2, 0.25) is 0 Å². The number of hydrogen-bond acceptors (Lipinski definition) is 3. The minimum atomic E-state index is -0.0520. The predicted octanol–water partition coefficient (Wildman–Crippen LogP) is 4.47. The van der Waals surface area contributed by atoms with Crippen LogP contribution in [-0.2, 0) is 6.54 Å². The van der Waals surface area contributed by atoms with Gasteiger partial charge in [0.25, 0.3) is 5.56 Å². The number of pyridine rings is 1. The van der Waals surface area contributed by atoms with Gasteiger partial charge in [-0.1, -0.05) is 26.0 Å². The molecule has 1 rings (SSSR count). The van der Waals surface area contributed by atoms with E-state index >= 15 is 0 Å². The van der Waals surface area contributed by atoms with Gasteiger partial charge in [-0.15, -0.1) is 11.8 Å². The van der Waals surface area contributed by atoms with E-state index in [1.807, 2.05) is 13.2 Å². The van der Waals surface area contributed by atoms with Crippen molar-refractivity contribution in [2.75, 3.05) is 6.26 Å². The zero-order valence-corrected chi connectivity index (χ0v) is 14.0. The van der Waals surface area contributed by atoms with Crippen LogP contribution in [0.25, 0.3) is 6.08 Å². The van der Waals surface area contributed by atoms with Gasteiger partial charge in [-0.2, -0.15) is 0 Å². The van der Waals surface area contributed by atoms with E-state index in [9.17, 15) is 4.79 Å². The Bertz CT molecular complexity index is 549. The molecule has 0 amide bonds. The first-order valence-electron chi connectivity index (χ1n) is 6.26. The molecule has 1 heterocycles. The quantitative estimate of drug-likeness (QED) is 0.584. The number of nitrogens with zero attached hydrogens (tertiary/aromatic N) is 2. The summed E-state index contributed by atoms with van der Waals surface area (Å²) in [5.41, 5.74) is 0.819. The van der Waals surface area contributed by atoms with Crippen LogP contribution in [0.3, 0.4) is 0 Å². The Balaban J connectivity index is 3.51. The van der Waals surface area contributed by atoms with Gasteiger partial charge in [0.1, 0.15) is 5.82 Å². The van der Waals surface area contributed by atoms with Gasteiger partial charge >= 0.3 is 0 Å². The molecule has 0 unspecified atom stereocenters. The first-order chi connectivity index (χ1) is 9.08. The van der Waals surface area contributed by atoms with Gasteiger partial charge in [0, 0.05) is 12.1 Å². The molecule has 0 aliphatic rings. The van der Waals surface area contributed by atoms with Crippen molar-refractivity contribution in [3.8, 4) is 0 Å². The van der Waals surface area contributed by atoms with E-state index in [1.165, 1.54) is 0 Å². The lowest BCUT2D eigenvalue weighted by molar-refractivity contribution is 0.726. The van der Waals surface area contributed by atoms with Crippen molar-refractivity contribution in [2.45, 2.75) is 33.2 Å². The average molecular weight is 343 g/mol. The monoisotopic (exact) mass is 342 g/mol. The van der Waals surface area contributed by atoms with E-state index in [-0.39, 0.29) is 5.56 Å². The zero-order chi connectivity index (χ0) is 14.4. The summed E-state index contributed by atoms with van der Waals surface area (Å²) in [7, 11) is 0. The van der Waals surface area contributed by atoms with Crippen molar-refractivity contribution in [2.24, 2.45) is 4.99 Å².